The van der Waals surface area contributed by atoms with Gasteiger partial charge in [0.15, 0.2) is 5.84 Å². The molecule has 4 heterocycles. The van der Waals surface area contributed by atoms with Gasteiger partial charge in [-0.15, -0.1) is 0 Å². The van der Waals surface area contributed by atoms with Gasteiger partial charge in [0.05, 0.1) is 36.7 Å². The van der Waals surface area contributed by atoms with E-state index in [9.17, 15) is 15.3 Å². The molecule has 5 unspecified atom stereocenters. The monoisotopic (exact) mass is 426 g/mol. The molecule has 11 heteroatoms. The summed E-state index contributed by atoms with van der Waals surface area (Å²) in [4.78, 5) is 11.1. The van der Waals surface area contributed by atoms with Crippen molar-refractivity contribution < 1.29 is 34.4 Å². The van der Waals surface area contributed by atoms with Crippen LogP contribution in [0.1, 0.15) is 25.7 Å². The Kier molecular flexibility index (Phi) is 5.69. The van der Waals surface area contributed by atoms with E-state index in [1.165, 1.54) is 7.11 Å². The highest BCUT2D eigenvalue weighted by atomic mass is 16.7. The zero-order chi connectivity index (χ0) is 20.8. The fraction of sp³-hybridized carbons (Fsp3) is 0.895. The third-order valence-electron chi connectivity index (χ3n) is 7.15. The minimum atomic E-state index is -1.17. The molecule has 1 saturated carbocycles. The van der Waals surface area contributed by atoms with Gasteiger partial charge in [-0.2, -0.15) is 0 Å². The molecule has 4 N–H and O–H groups in total. The molecule has 5 aliphatic rings. The highest BCUT2D eigenvalue weighted by molar-refractivity contribution is 5.93. The summed E-state index contributed by atoms with van der Waals surface area (Å²) in [5, 5.41) is 39.6. The van der Waals surface area contributed by atoms with Crippen LogP contribution in [0.3, 0.4) is 0 Å². The van der Waals surface area contributed by atoms with Crippen LogP contribution in [0.25, 0.3) is 0 Å². The summed E-state index contributed by atoms with van der Waals surface area (Å²) in [7, 11) is 1.48. The lowest BCUT2D eigenvalue weighted by molar-refractivity contribution is -0.137. The minimum Gasteiger partial charge on any atom is -0.398 e. The summed E-state index contributed by atoms with van der Waals surface area (Å²) < 4.78 is 17.2. The molecule has 4 fully saturated rings. The average molecular weight is 426 g/mol. The van der Waals surface area contributed by atoms with Gasteiger partial charge in [0.2, 0.25) is 0 Å². The molecular formula is C19H30N4O7. The molecule has 0 spiro atoms. The normalized spacial score (nSPS) is 48.4. The standard InChI is InChI=1S/C19H30N4O7/c1-27-22-17-10-4-5-23(18(10)21-7-20-17)19-15(26)14(25)16(30-19)13(24)9-2-3-11-12(6-9)29-8-28-11/h7,9-16,18-19,24-26H,2-6,8H2,1H3,(H,20,21,22)/t9?,10?,11?,12?,13-,14+,15-,16-,18?,19-/m1/s1. The van der Waals surface area contributed by atoms with Crippen molar-refractivity contribution in [1.29, 1.82) is 0 Å². The number of fused-ring (bicyclic) bond motifs is 2. The van der Waals surface area contributed by atoms with E-state index in [1.807, 2.05) is 4.90 Å². The zero-order valence-corrected chi connectivity index (χ0v) is 16.9. The lowest BCUT2D eigenvalue weighted by Gasteiger charge is -2.36. The van der Waals surface area contributed by atoms with Crippen molar-refractivity contribution in [3.05, 3.63) is 0 Å². The van der Waals surface area contributed by atoms with Crippen LogP contribution in [-0.2, 0) is 19.0 Å². The van der Waals surface area contributed by atoms with Gasteiger partial charge in [0.25, 0.3) is 0 Å². The lowest BCUT2D eigenvalue weighted by atomic mass is 9.79. The van der Waals surface area contributed by atoms with Crippen LogP contribution in [-0.4, -0.2) is 102 Å². The van der Waals surface area contributed by atoms with E-state index in [2.05, 4.69) is 15.5 Å². The molecule has 30 heavy (non-hydrogen) atoms. The van der Waals surface area contributed by atoms with Gasteiger partial charge in [-0.3, -0.25) is 4.90 Å². The number of ether oxygens (including phenoxy) is 3. The summed E-state index contributed by atoms with van der Waals surface area (Å²) >= 11 is 0. The number of aliphatic hydroxyl groups is 3. The highest BCUT2D eigenvalue weighted by Crippen LogP contribution is 2.39. The van der Waals surface area contributed by atoms with Gasteiger partial charge in [-0.25, -0.2) is 4.99 Å². The van der Waals surface area contributed by atoms with Gasteiger partial charge in [0.1, 0.15) is 38.4 Å². The summed E-state index contributed by atoms with van der Waals surface area (Å²) in [6.45, 7) is 0.924. The largest absolute Gasteiger partial charge is 0.398 e. The van der Waals surface area contributed by atoms with Gasteiger partial charge < -0.3 is 39.7 Å². The fourth-order valence-corrected chi connectivity index (χ4v) is 5.58. The second-order valence-corrected chi connectivity index (χ2v) is 8.70. The number of aliphatic hydroxyl groups excluding tert-OH is 3. The molecule has 1 aliphatic carbocycles. The van der Waals surface area contributed by atoms with Crippen LogP contribution < -0.4 is 5.32 Å². The Labute approximate surface area is 174 Å². The van der Waals surface area contributed by atoms with Crippen molar-refractivity contribution in [2.75, 3.05) is 20.4 Å². The number of amidine groups is 1. The molecular weight excluding hydrogens is 396 g/mol. The molecule has 11 nitrogen and oxygen atoms in total. The van der Waals surface area contributed by atoms with Crippen LogP contribution in [0.4, 0.5) is 0 Å². The number of nitrogens with zero attached hydrogens (tertiary/aromatic N) is 3. The smallest absolute Gasteiger partial charge is 0.175 e. The number of rotatable bonds is 4. The second kappa shape index (κ2) is 8.30. The van der Waals surface area contributed by atoms with Crippen molar-refractivity contribution in [2.24, 2.45) is 22.0 Å². The van der Waals surface area contributed by atoms with Crippen LogP contribution in [0.2, 0.25) is 0 Å². The minimum absolute atomic E-state index is 0.0124. The predicted molar refractivity (Wildman–Crippen MR) is 103 cm³/mol. The first-order valence-electron chi connectivity index (χ1n) is 10.7. The van der Waals surface area contributed by atoms with Crippen molar-refractivity contribution >= 4 is 12.2 Å². The van der Waals surface area contributed by atoms with Crippen molar-refractivity contribution in [1.82, 2.24) is 10.2 Å². The lowest BCUT2D eigenvalue weighted by Crippen LogP contribution is -2.55. The van der Waals surface area contributed by atoms with Crippen molar-refractivity contribution in [2.45, 2.75) is 74.7 Å². The summed E-state index contributed by atoms with van der Waals surface area (Å²) in [6, 6.07) is 0. The number of hydrogen-bond acceptors (Lipinski definition) is 10. The first-order chi connectivity index (χ1) is 14.6. The molecule has 10 atom stereocenters. The molecule has 4 aliphatic heterocycles. The molecule has 5 rings (SSSR count). The quantitative estimate of drug-likeness (QED) is 0.399. The van der Waals surface area contributed by atoms with Crippen LogP contribution in [0.5, 0.6) is 0 Å². The van der Waals surface area contributed by atoms with Crippen LogP contribution in [0, 0.1) is 11.8 Å². The first kappa shape index (κ1) is 20.6. The Morgan fingerprint density at radius 2 is 2.07 bits per heavy atom. The maximum Gasteiger partial charge on any atom is 0.175 e. The first-order valence-corrected chi connectivity index (χ1v) is 10.7. The number of likely N-dealkylation sites (tertiary alicyclic amines) is 1. The Bertz CT molecular complexity index is 694. The molecule has 3 saturated heterocycles. The van der Waals surface area contributed by atoms with E-state index in [0.29, 0.717) is 25.6 Å². The van der Waals surface area contributed by atoms with Gasteiger partial charge in [-0.1, -0.05) is 5.16 Å². The van der Waals surface area contributed by atoms with Gasteiger partial charge in [-0.05, 0) is 31.6 Å². The molecule has 0 aromatic heterocycles. The van der Waals surface area contributed by atoms with Crippen molar-refractivity contribution in [3.8, 4) is 0 Å². The molecule has 0 aromatic rings. The molecule has 0 amide bonds. The SMILES string of the molecule is CO/N=C1/N=CNC2C1CCN2[C@@H]1O[C@H]([C@H](O)C2CCC3OCOC3C2)[C@@H](O)[C@H]1O. The summed E-state index contributed by atoms with van der Waals surface area (Å²) in [5.41, 5.74) is 0. The number of aliphatic imine (C=N–C) groups is 1. The van der Waals surface area contributed by atoms with E-state index in [4.69, 9.17) is 19.0 Å². The second-order valence-electron chi connectivity index (χ2n) is 8.70. The maximum absolute atomic E-state index is 11.0. The highest BCUT2D eigenvalue weighted by Gasteiger charge is 2.54. The van der Waals surface area contributed by atoms with Crippen LogP contribution >= 0.6 is 0 Å². The van der Waals surface area contributed by atoms with E-state index >= 15 is 0 Å². The van der Waals surface area contributed by atoms with Gasteiger partial charge in [0, 0.05) is 6.54 Å². The topological polar surface area (TPSA) is 138 Å². The number of oxime groups is 1. The Morgan fingerprint density at radius 3 is 2.90 bits per heavy atom. The third-order valence-corrected chi connectivity index (χ3v) is 7.15. The maximum atomic E-state index is 11.0. The fourth-order valence-electron chi connectivity index (χ4n) is 5.58. The number of nitrogens with one attached hydrogen (secondary N) is 1. The van der Waals surface area contributed by atoms with E-state index < -0.39 is 30.6 Å². The number of hydrogen-bond donors (Lipinski definition) is 4. The molecule has 0 bridgehead atoms. The molecule has 0 radical (unpaired) electrons. The van der Waals surface area contributed by atoms with Crippen molar-refractivity contribution in [3.63, 3.8) is 0 Å². The predicted octanol–water partition coefficient (Wildman–Crippen LogP) is -1.42. The van der Waals surface area contributed by atoms with Crippen LogP contribution in [0.15, 0.2) is 10.1 Å². The molecule has 168 valence electrons. The Morgan fingerprint density at radius 1 is 1.23 bits per heavy atom. The third kappa shape index (κ3) is 3.42. The average Bonchev–Trinajstić information content (AvgIpc) is 3.46. The Hall–Kier alpha value is -1.34. The van der Waals surface area contributed by atoms with E-state index in [0.717, 1.165) is 19.3 Å². The van der Waals surface area contributed by atoms with E-state index in [-0.39, 0.29) is 30.2 Å². The van der Waals surface area contributed by atoms with E-state index in [1.54, 1.807) is 6.34 Å². The van der Waals surface area contributed by atoms with Gasteiger partial charge >= 0.3 is 0 Å². The zero-order valence-electron chi connectivity index (χ0n) is 16.9. The summed E-state index contributed by atoms with van der Waals surface area (Å²) in [6.07, 6.45) is -0.371. The summed E-state index contributed by atoms with van der Waals surface area (Å²) in [5.74, 6) is 0.496. The Balaban J connectivity index is 1.27. The molecule has 0 aromatic carbocycles.